The molecule has 3 N–H and O–H groups in total. The standard InChI is InChI=1S/C19H31N5O2.HI/c1-3-21-19(23-9-10-24-11-13-26-14-12-24)22-8-7-16-5-4-6-17(15-16)18(25)20-2;/h4-6,15H,3,7-14H2,1-2H3,(H,20,25)(H2,21,22,23);1H. The highest BCUT2D eigenvalue weighted by Gasteiger charge is 2.09. The zero-order valence-electron chi connectivity index (χ0n) is 16.3. The molecule has 0 saturated carbocycles. The Morgan fingerprint density at radius 2 is 2.04 bits per heavy atom. The van der Waals surface area contributed by atoms with E-state index in [0.29, 0.717) is 5.56 Å². The highest BCUT2D eigenvalue weighted by molar-refractivity contribution is 14.0. The van der Waals surface area contributed by atoms with Crippen molar-refractivity contribution in [2.24, 2.45) is 4.99 Å². The third-order valence-corrected chi connectivity index (χ3v) is 4.26. The lowest BCUT2D eigenvalue weighted by Gasteiger charge is -2.25. The van der Waals surface area contributed by atoms with Crippen LogP contribution in [0.5, 0.6) is 0 Å². The van der Waals surface area contributed by atoms with E-state index in [4.69, 9.17) is 4.74 Å². The number of hydrogen-bond acceptors (Lipinski definition) is 4. The second-order valence-corrected chi connectivity index (χ2v) is 6.17. The number of benzene rings is 1. The van der Waals surface area contributed by atoms with Gasteiger partial charge in [-0.05, 0) is 31.0 Å². The molecule has 1 heterocycles. The van der Waals surface area contributed by atoms with Crippen molar-refractivity contribution < 1.29 is 9.53 Å². The highest BCUT2D eigenvalue weighted by Crippen LogP contribution is 2.05. The average molecular weight is 489 g/mol. The monoisotopic (exact) mass is 489 g/mol. The van der Waals surface area contributed by atoms with Crippen molar-refractivity contribution in [1.29, 1.82) is 0 Å². The van der Waals surface area contributed by atoms with Gasteiger partial charge in [0, 0.05) is 45.3 Å². The van der Waals surface area contributed by atoms with E-state index in [0.717, 1.165) is 70.4 Å². The zero-order chi connectivity index (χ0) is 18.6. The molecule has 0 aromatic heterocycles. The summed E-state index contributed by atoms with van der Waals surface area (Å²) in [6.45, 7) is 8.98. The Kier molecular flexibility index (Phi) is 12.0. The molecule has 0 bridgehead atoms. The summed E-state index contributed by atoms with van der Waals surface area (Å²) in [5.41, 5.74) is 1.82. The van der Waals surface area contributed by atoms with Crippen LogP contribution in [0.4, 0.5) is 0 Å². The SMILES string of the molecule is CCNC(=NCCN1CCOCC1)NCCc1cccc(C(=O)NC)c1.I. The van der Waals surface area contributed by atoms with E-state index in [1.807, 2.05) is 24.3 Å². The summed E-state index contributed by atoms with van der Waals surface area (Å²) < 4.78 is 5.36. The van der Waals surface area contributed by atoms with Gasteiger partial charge in [0.25, 0.3) is 5.91 Å². The molecule has 1 amide bonds. The van der Waals surface area contributed by atoms with Crippen molar-refractivity contribution in [3.63, 3.8) is 0 Å². The Balaban J connectivity index is 0.00000364. The van der Waals surface area contributed by atoms with Crippen LogP contribution in [0.2, 0.25) is 0 Å². The average Bonchev–Trinajstić information content (AvgIpc) is 2.68. The molecular formula is C19H32IN5O2. The summed E-state index contributed by atoms with van der Waals surface area (Å²) in [4.78, 5) is 18.7. The molecule has 152 valence electrons. The van der Waals surface area contributed by atoms with Gasteiger partial charge in [0.1, 0.15) is 0 Å². The van der Waals surface area contributed by atoms with E-state index in [1.54, 1.807) is 7.05 Å². The number of carbonyl (C=O) groups is 1. The van der Waals surface area contributed by atoms with E-state index >= 15 is 0 Å². The number of ether oxygens (including phenoxy) is 1. The predicted octanol–water partition coefficient (Wildman–Crippen LogP) is 1.09. The molecule has 0 spiro atoms. The first-order valence-corrected chi connectivity index (χ1v) is 9.36. The minimum atomic E-state index is -0.0576. The first-order chi connectivity index (χ1) is 12.7. The van der Waals surface area contributed by atoms with Crippen molar-refractivity contribution in [2.45, 2.75) is 13.3 Å². The third-order valence-electron chi connectivity index (χ3n) is 4.26. The normalized spacial score (nSPS) is 15.0. The van der Waals surface area contributed by atoms with Gasteiger partial charge in [0.05, 0.1) is 19.8 Å². The second kappa shape index (κ2) is 13.7. The third kappa shape index (κ3) is 8.89. The fourth-order valence-electron chi connectivity index (χ4n) is 2.81. The quantitative estimate of drug-likeness (QED) is 0.290. The number of morpholine rings is 1. The van der Waals surface area contributed by atoms with Gasteiger partial charge in [-0.2, -0.15) is 0 Å². The number of hydrogen-bond donors (Lipinski definition) is 3. The first-order valence-electron chi connectivity index (χ1n) is 9.36. The summed E-state index contributed by atoms with van der Waals surface area (Å²) >= 11 is 0. The molecule has 1 aromatic carbocycles. The number of carbonyl (C=O) groups excluding carboxylic acids is 1. The van der Waals surface area contributed by atoms with Crippen LogP contribution < -0.4 is 16.0 Å². The van der Waals surface area contributed by atoms with Crippen LogP contribution >= 0.6 is 24.0 Å². The Labute approximate surface area is 179 Å². The molecule has 1 aliphatic rings. The molecule has 2 rings (SSSR count). The van der Waals surface area contributed by atoms with Gasteiger partial charge >= 0.3 is 0 Å². The van der Waals surface area contributed by atoms with Gasteiger partial charge < -0.3 is 20.7 Å². The van der Waals surface area contributed by atoms with Crippen LogP contribution in [0.15, 0.2) is 29.3 Å². The molecule has 1 fully saturated rings. The Bertz CT molecular complexity index is 591. The number of guanidine groups is 1. The van der Waals surface area contributed by atoms with Crippen molar-refractivity contribution in [3.05, 3.63) is 35.4 Å². The Morgan fingerprint density at radius 1 is 1.26 bits per heavy atom. The zero-order valence-corrected chi connectivity index (χ0v) is 18.6. The molecule has 0 radical (unpaired) electrons. The molecule has 1 aliphatic heterocycles. The first kappa shape index (κ1) is 23.6. The van der Waals surface area contributed by atoms with Gasteiger partial charge in [-0.3, -0.25) is 14.7 Å². The van der Waals surface area contributed by atoms with Gasteiger partial charge in [0.15, 0.2) is 5.96 Å². The minimum absolute atomic E-state index is 0. The van der Waals surface area contributed by atoms with Crippen LogP contribution in [0.25, 0.3) is 0 Å². The van der Waals surface area contributed by atoms with Crippen LogP contribution in [-0.4, -0.2) is 76.3 Å². The smallest absolute Gasteiger partial charge is 0.251 e. The lowest BCUT2D eigenvalue weighted by molar-refractivity contribution is 0.0394. The van der Waals surface area contributed by atoms with Crippen LogP contribution in [0, 0.1) is 0 Å². The Morgan fingerprint density at radius 3 is 2.74 bits per heavy atom. The summed E-state index contributed by atoms with van der Waals surface area (Å²) in [5.74, 6) is 0.779. The van der Waals surface area contributed by atoms with E-state index < -0.39 is 0 Å². The fourth-order valence-corrected chi connectivity index (χ4v) is 2.81. The van der Waals surface area contributed by atoms with E-state index in [2.05, 4.69) is 32.8 Å². The molecule has 0 aliphatic carbocycles. The van der Waals surface area contributed by atoms with Crippen molar-refractivity contribution >= 4 is 35.8 Å². The fraction of sp³-hybridized carbons (Fsp3) is 0.579. The minimum Gasteiger partial charge on any atom is -0.379 e. The topological polar surface area (TPSA) is 78.0 Å². The summed E-state index contributed by atoms with van der Waals surface area (Å²) in [6.07, 6.45) is 0.832. The van der Waals surface area contributed by atoms with Gasteiger partial charge in [0.2, 0.25) is 0 Å². The van der Waals surface area contributed by atoms with Crippen molar-refractivity contribution in [2.75, 3.05) is 59.5 Å². The van der Waals surface area contributed by atoms with Crippen LogP contribution in [0.3, 0.4) is 0 Å². The van der Waals surface area contributed by atoms with E-state index in [1.165, 1.54) is 0 Å². The summed E-state index contributed by atoms with van der Waals surface area (Å²) in [7, 11) is 1.65. The predicted molar refractivity (Wildman–Crippen MR) is 120 cm³/mol. The van der Waals surface area contributed by atoms with Crippen molar-refractivity contribution in [3.8, 4) is 0 Å². The van der Waals surface area contributed by atoms with E-state index in [9.17, 15) is 4.79 Å². The van der Waals surface area contributed by atoms with Gasteiger partial charge in [-0.1, -0.05) is 12.1 Å². The lowest BCUT2D eigenvalue weighted by Crippen LogP contribution is -2.40. The number of aliphatic imine (C=N–C) groups is 1. The highest BCUT2D eigenvalue weighted by atomic mass is 127. The maximum atomic E-state index is 11.7. The molecule has 1 aromatic rings. The molecule has 27 heavy (non-hydrogen) atoms. The van der Waals surface area contributed by atoms with Gasteiger partial charge in [-0.25, -0.2) is 0 Å². The summed E-state index contributed by atoms with van der Waals surface area (Å²) in [6, 6.07) is 7.72. The molecular weight excluding hydrogens is 457 g/mol. The summed E-state index contributed by atoms with van der Waals surface area (Å²) in [5, 5.41) is 9.30. The number of nitrogens with zero attached hydrogens (tertiary/aromatic N) is 2. The number of halogens is 1. The number of amides is 1. The maximum absolute atomic E-state index is 11.7. The number of rotatable bonds is 8. The Hall–Kier alpha value is -1.39. The van der Waals surface area contributed by atoms with Crippen molar-refractivity contribution in [1.82, 2.24) is 20.9 Å². The molecule has 8 heteroatoms. The molecule has 0 atom stereocenters. The maximum Gasteiger partial charge on any atom is 0.251 e. The van der Waals surface area contributed by atoms with Crippen LogP contribution in [-0.2, 0) is 11.2 Å². The molecule has 0 unspecified atom stereocenters. The second-order valence-electron chi connectivity index (χ2n) is 6.17. The largest absolute Gasteiger partial charge is 0.379 e. The molecule has 7 nitrogen and oxygen atoms in total. The lowest BCUT2D eigenvalue weighted by atomic mass is 10.1. The number of nitrogens with one attached hydrogen (secondary N) is 3. The van der Waals surface area contributed by atoms with Gasteiger partial charge in [-0.15, -0.1) is 24.0 Å². The molecule has 1 saturated heterocycles. The van der Waals surface area contributed by atoms with Crippen LogP contribution in [0.1, 0.15) is 22.8 Å². The van der Waals surface area contributed by atoms with E-state index in [-0.39, 0.29) is 29.9 Å².